The summed E-state index contributed by atoms with van der Waals surface area (Å²) >= 11 is 1.71. The number of fused-ring (bicyclic) bond motifs is 7. The maximum Gasteiger partial charge on any atom is 0.143 e. The molecule has 0 N–H and O–H groups in total. The minimum atomic E-state index is 0.915. The van der Waals surface area contributed by atoms with Crippen LogP contribution in [0, 0.1) is 0 Å². The van der Waals surface area contributed by atoms with Crippen molar-refractivity contribution < 1.29 is 4.42 Å². The largest absolute Gasteiger partial charge is 0.455 e. The maximum absolute atomic E-state index is 6.32. The lowest BCUT2D eigenvalue weighted by Gasteiger charge is -2.08. The second-order valence-corrected chi connectivity index (χ2v) is 10.0. The van der Waals surface area contributed by atoms with Crippen LogP contribution in [0.1, 0.15) is 0 Å². The van der Waals surface area contributed by atoms with E-state index in [1.54, 1.807) is 11.3 Å². The number of hydrogen-bond acceptors (Lipinski definition) is 4. The molecule has 0 unspecified atom stereocenters. The van der Waals surface area contributed by atoms with Crippen molar-refractivity contribution in [3.8, 4) is 22.3 Å². The van der Waals surface area contributed by atoms with Crippen molar-refractivity contribution in [3.05, 3.63) is 109 Å². The number of benzene rings is 5. The summed E-state index contributed by atoms with van der Waals surface area (Å²) in [6.45, 7) is 0. The van der Waals surface area contributed by atoms with Crippen LogP contribution in [0.5, 0.6) is 0 Å². The first kappa shape index (κ1) is 19.7. The first-order chi connectivity index (χ1) is 17.8. The van der Waals surface area contributed by atoms with Crippen molar-refractivity contribution >= 4 is 64.7 Å². The fourth-order valence-electron chi connectivity index (χ4n) is 5.22. The number of rotatable bonds is 2. The third-order valence-electron chi connectivity index (χ3n) is 6.90. The van der Waals surface area contributed by atoms with Crippen LogP contribution in [0.4, 0.5) is 0 Å². The monoisotopic (exact) mass is 478 g/mol. The Hall–Kier alpha value is -4.54. The van der Waals surface area contributed by atoms with Crippen LogP contribution in [-0.2, 0) is 0 Å². The Bertz CT molecular complexity index is 2120. The lowest BCUT2D eigenvalue weighted by Crippen LogP contribution is -1.84. The van der Waals surface area contributed by atoms with E-state index in [0.717, 1.165) is 59.8 Å². The van der Waals surface area contributed by atoms with Gasteiger partial charge in [0, 0.05) is 26.4 Å². The summed E-state index contributed by atoms with van der Waals surface area (Å²) in [5.41, 5.74) is 9.27. The Morgan fingerprint density at radius 1 is 0.556 bits per heavy atom. The minimum absolute atomic E-state index is 0.915. The predicted molar refractivity (Wildman–Crippen MR) is 151 cm³/mol. The van der Waals surface area contributed by atoms with Gasteiger partial charge in [0.25, 0.3) is 0 Å². The highest BCUT2D eigenvalue weighted by atomic mass is 32.1. The van der Waals surface area contributed by atoms with Gasteiger partial charge in [-0.15, -0.1) is 11.3 Å². The molecule has 5 aromatic carbocycles. The highest BCUT2D eigenvalue weighted by Gasteiger charge is 2.15. The topological polar surface area (TPSA) is 38.9 Å². The fraction of sp³-hybridized carbons (Fsp3) is 0. The number of nitrogens with zero attached hydrogens (tertiary/aromatic N) is 2. The predicted octanol–water partition coefficient (Wildman–Crippen LogP) is 9.23. The van der Waals surface area contributed by atoms with Gasteiger partial charge < -0.3 is 4.42 Å². The average molecular weight is 479 g/mol. The molecule has 36 heavy (non-hydrogen) atoms. The Labute approximate surface area is 210 Å². The van der Waals surface area contributed by atoms with Gasteiger partial charge in [0.1, 0.15) is 21.5 Å². The van der Waals surface area contributed by atoms with Gasteiger partial charge in [-0.1, -0.05) is 84.9 Å². The van der Waals surface area contributed by atoms with Crippen LogP contribution in [-0.4, -0.2) is 9.97 Å². The first-order valence-corrected chi connectivity index (χ1v) is 12.7. The summed E-state index contributed by atoms with van der Waals surface area (Å²) in [6, 6.07) is 37.9. The van der Waals surface area contributed by atoms with Gasteiger partial charge in [0.05, 0.1) is 11.0 Å². The molecule has 0 bridgehead atoms. The van der Waals surface area contributed by atoms with Crippen LogP contribution < -0.4 is 0 Å². The third kappa shape index (κ3) is 2.85. The van der Waals surface area contributed by atoms with E-state index in [4.69, 9.17) is 14.4 Å². The van der Waals surface area contributed by atoms with E-state index in [1.165, 1.54) is 15.8 Å². The highest BCUT2D eigenvalue weighted by molar-refractivity contribution is 7.26. The molecule has 8 rings (SSSR count). The number of thiophene rings is 1. The Morgan fingerprint density at radius 2 is 1.22 bits per heavy atom. The van der Waals surface area contributed by atoms with Gasteiger partial charge in [-0.05, 0) is 41.0 Å². The number of para-hydroxylation sites is 4. The summed E-state index contributed by atoms with van der Waals surface area (Å²) in [5.74, 6) is 0. The summed E-state index contributed by atoms with van der Waals surface area (Å²) < 4.78 is 7.53. The fourth-order valence-corrected chi connectivity index (χ4v) is 6.38. The third-order valence-corrected chi connectivity index (χ3v) is 8.02. The standard InChI is InChI=1S/C32H18N2OS/c1-4-17-28-23(10-1)24-13-6-11-21(30(24)35-28)19-8-5-9-20(18-19)22-12-7-14-25-29-32(36-31(22)25)34-27-16-3-2-15-26(27)33-29/h1-18H. The molecular formula is C32H18N2OS. The summed E-state index contributed by atoms with van der Waals surface area (Å²) in [4.78, 5) is 10.8. The molecule has 0 aliphatic heterocycles. The zero-order valence-electron chi connectivity index (χ0n) is 19.1. The SMILES string of the molecule is c1cc(-c2cccc3c2oc2ccccc23)cc(-c2cccc3c2sc2nc4ccccc4nc23)c1. The molecule has 3 aromatic heterocycles. The molecule has 0 atom stereocenters. The van der Waals surface area contributed by atoms with Crippen LogP contribution >= 0.6 is 11.3 Å². The summed E-state index contributed by atoms with van der Waals surface area (Å²) in [5, 5.41) is 3.44. The molecular weight excluding hydrogens is 460 g/mol. The molecule has 0 spiro atoms. The molecule has 0 radical (unpaired) electrons. The lowest BCUT2D eigenvalue weighted by atomic mass is 9.97. The van der Waals surface area contributed by atoms with Gasteiger partial charge in [0.15, 0.2) is 0 Å². The minimum Gasteiger partial charge on any atom is -0.455 e. The Morgan fingerprint density at radius 3 is 2.11 bits per heavy atom. The van der Waals surface area contributed by atoms with E-state index in [2.05, 4.69) is 72.8 Å². The quantitative estimate of drug-likeness (QED) is 0.248. The molecule has 0 aliphatic rings. The average Bonchev–Trinajstić information content (AvgIpc) is 3.49. The van der Waals surface area contributed by atoms with Gasteiger partial charge in [-0.25, -0.2) is 9.97 Å². The second-order valence-electron chi connectivity index (χ2n) is 9.01. The highest BCUT2D eigenvalue weighted by Crippen LogP contribution is 2.41. The summed E-state index contributed by atoms with van der Waals surface area (Å²) in [7, 11) is 0. The maximum atomic E-state index is 6.32. The van der Waals surface area contributed by atoms with Gasteiger partial charge >= 0.3 is 0 Å². The number of furan rings is 1. The molecule has 0 fully saturated rings. The van der Waals surface area contributed by atoms with Gasteiger partial charge in [0.2, 0.25) is 0 Å². The van der Waals surface area contributed by atoms with Gasteiger partial charge in [-0.3, -0.25) is 0 Å². The van der Waals surface area contributed by atoms with Crippen molar-refractivity contribution in [3.63, 3.8) is 0 Å². The van der Waals surface area contributed by atoms with Crippen LogP contribution in [0.25, 0.3) is 75.7 Å². The molecule has 3 nitrogen and oxygen atoms in total. The normalized spacial score (nSPS) is 11.9. The van der Waals surface area contributed by atoms with Crippen molar-refractivity contribution in [1.82, 2.24) is 9.97 Å². The van der Waals surface area contributed by atoms with Crippen molar-refractivity contribution in [1.29, 1.82) is 0 Å². The van der Waals surface area contributed by atoms with Crippen LogP contribution in [0.2, 0.25) is 0 Å². The van der Waals surface area contributed by atoms with E-state index in [-0.39, 0.29) is 0 Å². The number of aromatic nitrogens is 2. The number of hydrogen-bond donors (Lipinski definition) is 0. The van der Waals surface area contributed by atoms with E-state index in [1.807, 2.05) is 36.4 Å². The Kier molecular flexibility index (Phi) is 4.10. The molecule has 0 saturated heterocycles. The lowest BCUT2D eigenvalue weighted by molar-refractivity contribution is 0.670. The van der Waals surface area contributed by atoms with E-state index < -0.39 is 0 Å². The molecule has 4 heteroatoms. The Balaban J connectivity index is 1.34. The van der Waals surface area contributed by atoms with E-state index >= 15 is 0 Å². The van der Waals surface area contributed by atoms with Crippen molar-refractivity contribution in [2.24, 2.45) is 0 Å². The zero-order valence-corrected chi connectivity index (χ0v) is 19.9. The molecule has 0 saturated carbocycles. The molecule has 0 amide bonds. The van der Waals surface area contributed by atoms with Crippen LogP contribution in [0.15, 0.2) is 114 Å². The molecule has 0 aliphatic carbocycles. The summed E-state index contributed by atoms with van der Waals surface area (Å²) in [6.07, 6.45) is 0. The van der Waals surface area contributed by atoms with Crippen molar-refractivity contribution in [2.45, 2.75) is 0 Å². The smallest absolute Gasteiger partial charge is 0.143 e. The zero-order chi connectivity index (χ0) is 23.6. The molecule has 168 valence electrons. The van der Waals surface area contributed by atoms with Crippen LogP contribution in [0.3, 0.4) is 0 Å². The van der Waals surface area contributed by atoms with Gasteiger partial charge in [-0.2, -0.15) is 0 Å². The molecule has 3 heterocycles. The van der Waals surface area contributed by atoms with E-state index in [9.17, 15) is 0 Å². The second kappa shape index (κ2) is 7.48. The molecule has 8 aromatic rings. The van der Waals surface area contributed by atoms with Crippen molar-refractivity contribution in [2.75, 3.05) is 0 Å². The first-order valence-electron chi connectivity index (χ1n) is 11.9. The van der Waals surface area contributed by atoms with E-state index in [0.29, 0.717) is 0 Å².